The van der Waals surface area contributed by atoms with E-state index in [2.05, 4.69) is 17.1 Å². The van der Waals surface area contributed by atoms with Crippen LogP contribution in [0, 0.1) is 0 Å². The molecule has 0 bridgehead atoms. The molecule has 1 saturated heterocycles. The van der Waals surface area contributed by atoms with Gasteiger partial charge in [-0.05, 0) is 19.1 Å². The Labute approximate surface area is 101 Å². The summed E-state index contributed by atoms with van der Waals surface area (Å²) in [7, 11) is 1.65. The number of halogens is 1. The Hall–Kier alpha value is -0.930. The highest BCUT2D eigenvalue weighted by molar-refractivity contribution is 6.32. The van der Waals surface area contributed by atoms with Gasteiger partial charge in [-0.1, -0.05) is 11.6 Å². The van der Waals surface area contributed by atoms with Gasteiger partial charge in [0.15, 0.2) is 0 Å². The molecule has 1 aromatic carbocycles. The van der Waals surface area contributed by atoms with Crippen molar-refractivity contribution in [3.63, 3.8) is 0 Å². The Morgan fingerprint density at radius 3 is 3.00 bits per heavy atom. The number of anilines is 1. The third kappa shape index (κ3) is 2.25. The maximum atomic E-state index is 6.02. The Morgan fingerprint density at radius 2 is 2.31 bits per heavy atom. The maximum Gasteiger partial charge on any atom is 0.139 e. The second-order valence-corrected chi connectivity index (χ2v) is 4.47. The minimum Gasteiger partial charge on any atom is -0.495 e. The molecule has 0 radical (unpaired) electrons. The van der Waals surface area contributed by atoms with E-state index in [1.165, 1.54) is 5.69 Å². The summed E-state index contributed by atoms with van der Waals surface area (Å²) >= 11 is 6.02. The van der Waals surface area contributed by atoms with E-state index in [4.69, 9.17) is 16.3 Å². The minimum absolute atomic E-state index is 0.500. The molecule has 1 N–H and O–H groups in total. The van der Waals surface area contributed by atoms with E-state index in [9.17, 15) is 0 Å². The molecule has 0 aliphatic carbocycles. The zero-order valence-corrected chi connectivity index (χ0v) is 10.4. The summed E-state index contributed by atoms with van der Waals surface area (Å²) in [5.74, 6) is 0.741. The van der Waals surface area contributed by atoms with Gasteiger partial charge in [0.1, 0.15) is 5.75 Å². The summed E-state index contributed by atoms with van der Waals surface area (Å²) in [4.78, 5) is 2.37. The molecule has 0 unspecified atom stereocenters. The van der Waals surface area contributed by atoms with Crippen LogP contribution < -0.4 is 15.0 Å². The molecule has 0 saturated carbocycles. The first-order valence-electron chi connectivity index (χ1n) is 5.53. The third-order valence-corrected chi connectivity index (χ3v) is 3.28. The number of ether oxygens (including phenoxy) is 1. The summed E-state index contributed by atoms with van der Waals surface area (Å²) in [6, 6.07) is 6.45. The van der Waals surface area contributed by atoms with Crippen molar-refractivity contribution < 1.29 is 4.74 Å². The second kappa shape index (κ2) is 4.93. The molecule has 1 heterocycles. The van der Waals surface area contributed by atoms with Crippen molar-refractivity contribution in [2.45, 2.75) is 13.0 Å². The van der Waals surface area contributed by atoms with Crippen LogP contribution in [0.2, 0.25) is 5.02 Å². The average Bonchev–Trinajstić information content (AvgIpc) is 2.31. The Bertz CT molecular complexity index is 370. The van der Waals surface area contributed by atoms with Crippen molar-refractivity contribution in [1.82, 2.24) is 5.32 Å². The second-order valence-electron chi connectivity index (χ2n) is 4.07. The van der Waals surface area contributed by atoms with Crippen molar-refractivity contribution in [2.24, 2.45) is 0 Å². The van der Waals surface area contributed by atoms with Crippen LogP contribution in [-0.4, -0.2) is 32.8 Å². The maximum absolute atomic E-state index is 6.02. The molecule has 1 aromatic rings. The van der Waals surface area contributed by atoms with Crippen LogP contribution in [-0.2, 0) is 0 Å². The van der Waals surface area contributed by atoms with E-state index >= 15 is 0 Å². The molecule has 1 aliphatic rings. The zero-order valence-electron chi connectivity index (χ0n) is 9.66. The van der Waals surface area contributed by atoms with Gasteiger partial charge in [-0.2, -0.15) is 0 Å². The first-order valence-corrected chi connectivity index (χ1v) is 5.91. The van der Waals surface area contributed by atoms with E-state index in [0.717, 1.165) is 25.4 Å². The first-order chi connectivity index (χ1) is 7.72. The monoisotopic (exact) mass is 240 g/mol. The lowest BCUT2D eigenvalue weighted by molar-refractivity contribution is 0.414. The molecule has 1 aliphatic heterocycles. The minimum atomic E-state index is 0.500. The van der Waals surface area contributed by atoms with E-state index in [1.54, 1.807) is 7.11 Å². The largest absolute Gasteiger partial charge is 0.495 e. The molecular formula is C12H17ClN2O. The van der Waals surface area contributed by atoms with Gasteiger partial charge in [0, 0.05) is 37.4 Å². The van der Waals surface area contributed by atoms with Gasteiger partial charge in [0.2, 0.25) is 0 Å². The number of hydrogen-bond acceptors (Lipinski definition) is 3. The predicted octanol–water partition coefficient (Wildman–Crippen LogP) is 2.15. The SMILES string of the molecule is COc1cc(N2CCNC[C@H]2C)ccc1Cl. The van der Waals surface area contributed by atoms with Crippen LogP contribution in [0.5, 0.6) is 5.75 Å². The van der Waals surface area contributed by atoms with Crippen LogP contribution in [0.4, 0.5) is 5.69 Å². The number of piperazine rings is 1. The Balaban J connectivity index is 2.25. The normalized spacial score (nSPS) is 20.9. The van der Waals surface area contributed by atoms with Crippen LogP contribution >= 0.6 is 11.6 Å². The highest BCUT2D eigenvalue weighted by Crippen LogP contribution is 2.30. The summed E-state index contributed by atoms with van der Waals surface area (Å²) in [6.45, 7) is 5.28. The van der Waals surface area contributed by atoms with Gasteiger partial charge in [0.25, 0.3) is 0 Å². The van der Waals surface area contributed by atoms with Crippen LogP contribution in [0.15, 0.2) is 18.2 Å². The Morgan fingerprint density at radius 1 is 1.50 bits per heavy atom. The molecule has 1 fully saturated rings. The smallest absolute Gasteiger partial charge is 0.139 e. The fourth-order valence-corrected chi connectivity index (χ4v) is 2.25. The summed E-state index contributed by atoms with van der Waals surface area (Å²) in [5, 5.41) is 4.04. The first kappa shape index (κ1) is 11.6. The van der Waals surface area contributed by atoms with E-state index in [1.807, 2.05) is 18.2 Å². The number of nitrogens with one attached hydrogen (secondary N) is 1. The van der Waals surface area contributed by atoms with Crippen molar-refractivity contribution in [3.05, 3.63) is 23.2 Å². The highest BCUT2D eigenvalue weighted by Gasteiger charge is 2.18. The third-order valence-electron chi connectivity index (χ3n) is 2.97. The molecule has 4 heteroatoms. The fourth-order valence-electron chi connectivity index (χ4n) is 2.05. The summed E-state index contributed by atoms with van der Waals surface area (Å²) < 4.78 is 5.24. The molecular weight excluding hydrogens is 224 g/mol. The molecule has 16 heavy (non-hydrogen) atoms. The van der Waals surface area contributed by atoms with Crippen molar-refractivity contribution in [3.8, 4) is 5.75 Å². The molecule has 0 amide bonds. The predicted molar refractivity (Wildman–Crippen MR) is 67.7 cm³/mol. The number of rotatable bonds is 2. The molecule has 1 atom stereocenters. The Kier molecular flexibility index (Phi) is 3.56. The van der Waals surface area contributed by atoms with E-state index in [0.29, 0.717) is 11.1 Å². The lowest BCUT2D eigenvalue weighted by Gasteiger charge is -2.36. The van der Waals surface area contributed by atoms with Gasteiger partial charge in [-0.15, -0.1) is 0 Å². The lowest BCUT2D eigenvalue weighted by atomic mass is 10.1. The molecule has 0 aromatic heterocycles. The van der Waals surface area contributed by atoms with Gasteiger partial charge in [0.05, 0.1) is 12.1 Å². The molecule has 88 valence electrons. The summed E-state index contributed by atoms with van der Waals surface area (Å²) in [5.41, 5.74) is 1.18. The van der Waals surface area contributed by atoms with Crippen molar-refractivity contribution in [1.29, 1.82) is 0 Å². The fraction of sp³-hybridized carbons (Fsp3) is 0.500. The standard InChI is InChI=1S/C12H17ClN2O/c1-9-8-14-5-6-15(9)10-3-4-11(13)12(7-10)16-2/h3-4,7,9,14H,5-6,8H2,1-2H3/t9-/m1/s1. The number of methoxy groups -OCH3 is 1. The van der Waals surface area contributed by atoms with E-state index < -0.39 is 0 Å². The number of nitrogens with zero attached hydrogens (tertiary/aromatic N) is 1. The van der Waals surface area contributed by atoms with Gasteiger partial charge in [-0.3, -0.25) is 0 Å². The molecule has 3 nitrogen and oxygen atoms in total. The molecule has 0 spiro atoms. The molecule has 2 rings (SSSR count). The number of hydrogen-bond donors (Lipinski definition) is 1. The highest BCUT2D eigenvalue weighted by atomic mass is 35.5. The van der Waals surface area contributed by atoms with Crippen molar-refractivity contribution in [2.75, 3.05) is 31.6 Å². The topological polar surface area (TPSA) is 24.5 Å². The van der Waals surface area contributed by atoms with Gasteiger partial charge >= 0.3 is 0 Å². The average molecular weight is 241 g/mol. The van der Waals surface area contributed by atoms with Crippen LogP contribution in [0.1, 0.15) is 6.92 Å². The van der Waals surface area contributed by atoms with E-state index in [-0.39, 0.29) is 0 Å². The zero-order chi connectivity index (χ0) is 11.5. The van der Waals surface area contributed by atoms with Crippen LogP contribution in [0.25, 0.3) is 0 Å². The lowest BCUT2D eigenvalue weighted by Crippen LogP contribution is -2.49. The van der Waals surface area contributed by atoms with Gasteiger partial charge < -0.3 is 15.0 Å². The summed E-state index contributed by atoms with van der Waals surface area (Å²) in [6.07, 6.45) is 0. The van der Waals surface area contributed by atoms with Crippen molar-refractivity contribution >= 4 is 17.3 Å². The quantitative estimate of drug-likeness (QED) is 0.857. The van der Waals surface area contributed by atoms with Gasteiger partial charge in [-0.25, -0.2) is 0 Å². The number of benzene rings is 1. The van der Waals surface area contributed by atoms with Crippen LogP contribution in [0.3, 0.4) is 0 Å².